The van der Waals surface area contributed by atoms with Crippen molar-refractivity contribution in [3.05, 3.63) is 159 Å². The molecule has 1 aliphatic heterocycles. The molecule has 0 unspecified atom stereocenters. The number of fused-ring (bicyclic) bond motifs is 1. The van der Waals surface area contributed by atoms with Gasteiger partial charge in [-0.3, -0.25) is 24.6 Å². The van der Waals surface area contributed by atoms with Crippen molar-refractivity contribution in [3.63, 3.8) is 0 Å². The molecule has 6 aromatic rings. The van der Waals surface area contributed by atoms with E-state index in [1.165, 1.54) is 10.6 Å². The summed E-state index contributed by atoms with van der Waals surface area (Å²) in [5, 5.41) is 20.4. The van der Waals surface area contributed by atoms with Crippen molar-refractivity contribution in [2.24, 2.45) is 4.99 Å². The first-order chi connectivity index (χ1) is 26.0. The molecule has 0 amide bonds. The van der Waals surface area contributed by atoms with Crippen molar-refractivity contribution in [3.8, 4) is 11.4 Å². The monoisotopic (exact) mass is 796 g/mol. The van der Waals surface area contributed by atoms with Crippen molar-refractivity contribution in [1.82, 2.24) is 19.7 Å². The summed E-state index contributed by atoms with van der Waals surface area (Å²) >= 11 is 14.5. The van der Waals surface area contributed by atoms with E-state index in [1.54, 1.807) is 43.3 Å². The largest absolute Gasteiger partial charge is 0.463 e. The number of benzene rings is 4. The number of aromatic nitrogens is 4. The second-order valence-electron chi connectivity index (χ2n) is 12.4. The second-order valence-corrected chi connectivity index (χ2v) is 15.3. The van der Waals surface area contributed by atoms with Crippen LogP contribution in [0, 0.1) is 10.1 Å². The number of nitro benzene ring substituents is 1. The molecule has 7 rings (SSSR count). The molecule has 272 valence electrons. The van der Waals surface area contributed by atoms with E-state index in [4.69, 9.17) is 32.9 Å². The van der Waals surface area contributed by atoms with E-state index >= 15 is 0 Å². The Kier molecular flexibility index (Phi) is 10.7. The Morgan fingerprint density at radius 1 is 1.07 bits per heavy atom. The fourth-order valence-corrected chi connectivity index (χ4v) is 8.31. The highest BCUT2D eigenvalue weighted by Crippen LogP contribution is 2.37. The van der Waals surface area contributed by atoms with E-state index in [-0.39, 0.29) is 33.5 Å². The minimum atomic E-state index is -0.846. The van der Waals surface area contributed by atoms with Gasteiger partial charge in [-0.1, -0.05) is 109 Å². The molecule has 0 saturated heterocycles. The number of nitrogens with one attached hydrogen (secondary N) is 1. The molecule has 11 nitrogen and oxygen atoms in total. The first-order valence-electron chi connectivity index (χ1n) is 16.7. The number of H-pyrrole nitrogens is 1. The van der Waals surface area contributed by atoms with Gasteiger partial charge in [0.2, 0.25) is 5.16 Å². The van der Waals surface area contributed by atoms with Gasteiger partial charge in [0.05, 0.1) is 43.3 Å². The molecule has 0 fully saturated rings. The van der Waals surface area contributed by atoms with Gasteiger partial charge in [-0.05, 0) is 71.6 Å². The van der Waals surface area contributed by atoms with Crippen LogP contribution in [-0.4, -0.2) is 37.2 Å². The van der Waals surface area contributed by atoms with Crippen molar-refractivity contribution >= 4 is 69.7 Å². The molecular formula is C39H30Cl2N6O5S2. The average Bonchev–Trinajstić information content (AvgIpc) is 3.75. The van der Waals surface area contributed by atoms with Gasteiger partial charge in [-0.25, -0.2) is 14.8 Å². The van der Waals surface area contributed by atoms with E-state index in [1.807, 2.05) is 54.6 Å². The van der Waals surface area contributed by atoms with E-state index < -0.39 is 22.5 Å². The van der Waals surface area contributed by atoms with Gasteiger partial charge < -0.3 is 4.74 Å². The molecule has 1 aliphatic rings. The Hall–Kier alpha value is -5.34. The van der Waals surface area contributed by atoms with E-state index in [0.29, 0.717) is 53.5 Å². The number of ether oxygens (including phenoxy) is 1. The Morgan fingerprint density at radius 2 is 1.83 bits per heavy atom. The summed E-state index contributed by atoms with van der Waals surface area (Å²) in [5.41, 5.74) is 3.56. The first-order valence-corrected chi connectivity index (χ1v) is 19.1. The highest BCUT2D eigenvalue weighted by Gasteiger charge is 2.35. The maximum absolute atomic E-state index is 14.4. The van der Waals surface area contributed by atoms with Crippen LogP contribution in [0.1, 0.15) is 55.0 Å². The zero-order chi connectivity index (χ0) is 38.1. The number of rotatable bonds is 10. The molecule has 0 bridgehead atoms. The highest BCUT2D eigenvalue weighted by atomic mass is 35.5. The van der Waals surface area contributed by atoms with Gasteiger partial charge >= 0.3 is 5.97 Å². The summed E-state index contributed by atoms with van der Waals surface area (Å²) < 4.78 is 7.35. The lowest BCUT2D eigenvalue weighted by molar-refractivity contribution is -0.387. The molecule has 0 saturated carbocycles. The van der Waals surface area contributed by atoms with Gasteiger partial charge in [0, 0.05) is 22.2 Å². The number of esters is 1. The standard InChI is InChI=1S/C39H30Cl2N6O5S2/c1-4-52-37(49)32-33(24-8-6-5-7-9-24)42-39-46(34(32)25-13-11-23(12-14-25)21(2)3)36(48)31(54-39)19-22-10-17-30(29(18-22)47(50)51)53-38-43-35(44-45-38)27-16-15-26(40)20-28(27)41/h5-21,34H,4H2,1-3H3,(H,43,44,45)/b31-19+/t34-/m1/s1. The lowest BCUT2D eigenvalue weighted by atomic mass is 9.91. The number of nitro groups is 1. The van der Waals surface area contributed by atoms with Gasteiger partial charge in [-0.15, -0.1) is 5.10 Å². The van der Waals surface area contributed by atoms with Crippen molar-refractivity contribution < 1.29 is 14.5 Å². The summed E-state index contributed by atoms with van der Waals surface area (Å²) in [6.07, 6.45) is 1.59. The molecule has 54 heavy (non-hydrogen) atoms. The lowest BCUT2D eigenvalue weighted by Crippen LogP contribution is -2.40. The SMILES string of the molecule is CCOC(=O)C1=C(c2ccccc2)N=c2s/c(=C/c3ccc(Sc4n[nH]c(-c5ccc(Cl)cc5Cl)n4)c([N+](=O)[O-])c3)c(=O)n2[C@@H]1c1ccc(C(C)C)cc1. The van der Waals surface area contributed by atoms with Crippen molar-refractivity contribution in [1.29, 1.82) is 0 Å². The molecule has 4 aromatic carbocycles. The second kappa shape index (κ2) is 15.6. The predicted octanol–water partition coefficient (Wildman–Crippen LogP) is 8.21. The maximum atomic E-state index is 14.4. The number of halogens is 2. The van der Waals surface area contributed by atoms with Gasteiger partial charge in [-0.2, -0.15) is 0 Å². The first kappa shape index (κ1) is 37.0. The normalized spacial score (nSPS) is 14.3. The zero-order valence-corrected chi connectivity index (χ0v) is 32.1. The minimum Gasteiger partial charge on any atom is -0.463 e. The summed E-state index contributed by atoms with van der Waals surface area (Å²) in [6, 6.07) is 25.9. The summed E-state index contributed by atoms with van der Waals surface area (Å²) in [7, 11) is 0. The quantitative estimate of drug-likeness (QED) is 0.0830. The minimum absolute atomic E-state index is 0.134. The van der Waals surface area contributed by atoms with Crippen LogP contribution >= 0.6 is 46.3 Å². The number of hydrogen-bond donors (Lipinski definition) is 1. The van der Waals surface area contributed by atoms with Crippen LogP contribution in [0.2, 0.25) is 10.0 Å². The van der Waals surface area contributed by atoms with Crippen LogP contribution < -0.4 is 14.9 Å². The number of carbonyl (C=O) groups is 1. The molecular weight excluding hydrogens is 768 g/mol. The summed E-state index contributed by atoms with van der Waals surface area (Å²) in [4.78, 5) is 50.0. The highest BCUT2D eigenvalue weighted by molar-refractivity contribution is 7.99. The van der Waals surface area contributed by atoms with Crippen LogP contribution in [0.25, 0.3) is 23.2 Å². The van der Waals surface area contributed by atoms with Crippen LogP contribution in [0.5, 0.6) is 0 Å². The van der Waals surface area contributed by atoms with Crippen LogP contribution in [0.15, 0.2) is 116 Å². The molecule has 0 radical (unpaired) electrons. The maximum Gasteiger partial charge on any atom is 0.338 e. The number of carbonyl (C=O) groups excluding carboxylic acids is 1. The van der Waals surface area contributed by atoms with E-state index in [2.05, 4.69) is 29.0 Å². The Balaban J connectivity index is 1.32. The predicted molar refractivity (Wildman–Crippen MR) is 211 cm³/mol. The van der Waals surface area contributed by atoms with Gasteiger partial charge in [0.25, 0.3) is 11.2 Å². The van der Waals surface area contributed by atoms with Crippen LogP contribution in [0.3, 0.4) is 0 Å². The number of aromatic amines is 1. The molecule has 2 aromatic heterocycles. The molecule has 3 heterocycles. The van der Waals surface area contributed by atoms with Crippen LogP contribution in [-0.2, 0) is 9.53 Å². The Labute approximate surface area is 326 Å². The zero-order valence-electron chi connectivity index (χ0n) is 28.9. The number of thiazole rings is 1. The Bertz CT molecular complexity index is 2640. The smallest absolute Gasteiger partial charge is 0.338 e. The van der Waals surface area contributed by atoms with E-state index in [0.717, 1.165) is 28.7 Å². The fourth-order valence-electron chi connectivity index (χ4n) is 6.02. The van der Waals surface area contributed by atoms with Gasteiger partial charge in [0.1, 0.15) is 0 Å². The molecule has 1 N–H and O–H groups in total. The van der Waals surface area contributed by atoms with Crippen molar-refractivity contribution in [2.75, 3.05) is 6.61 Å². The third-order valence-corrected chi connectivity index (χ3v) is 11.1. The molecule has 0 spiro atoms. The number of hydrogen-bond acceptors (Lipinski definition) is 10. The van der Waals surface area contributed by atoms with Crippen molar-refractivity contribution in [2.45, 2.75) is 42.8 Å². The molecule has 1 atom stereocenters. The topological polar surface area (TPSA) is 145 Å². The fraction of sp³-hybridized carbons (Fsp3) is 0.154. The molecule has 15 heteroatoms. The third kappa shape index (κ3) is 7.40. The lowest BCUT2D eigenvalue weighted by Gasteiger charge is -2.26. The molecule has 0 aliphatic carbocycles. The summed E-state index contributed by atoms with van der Waals surface area (Å²) in [5.74, 6) is 0.0756. The third-order valence-electron chi connectivity index (χ3n) is 8.62. The average molecular weight is 798 g/mol. The number of nitrogens with zero attached hydrogens (tertiary/aromatic N) is 5. The summed E-state index contributed by atoms with van der Waals surface area (Å²) in [6.45, 7) is 6.04. The van der Waals surface area contributed by atoms with Gasteiger partial charge in [0.15, 0.2) is 10.6 Å². The van der Waals surface area contributed by atoms with E-state index in [9.17, 15) is 19.7 Å². The van der Waals surface area contributed by atoms with Crippen LogP contribution in [0.4, 0.5) is 5.69 Å². The Morgan fingerprint density at radius 3 is 2.52 bits per heavy atom.